The van der Waals surface area contributed by atoms with Gasteiger partial charge in [0, 0.05) is 43.7 Å². The van der Waals surface area contributed by atoms with Crippen LogP contribution in [0.2, 0.25) is 0 Å². The van der Waals surface area contributed by atoms with Crippen LogP contribution >= 0.6 is 0 Å². The van der Waals surface area contributed by atoms with Crippen LogP contribution in [-0.2, 0) is 9.59 Å². The van der Waals surface area contributed by atoms with Gasteiger partial charge in [-0.25, -0.2) is 4.68 Å². The molecule has 1 N–H and O–H groups in total. The van der Waals surface area contributed by atoms with E-state index >= 15 is 0 Å². The number of benzene rings is 1. The van der Waals surface area contributed by atoms with Gasteiger partial charge in [0.15, 0.2) is 0 Å². The Morgan fingerprint density at radius 1 is 1.15 bits per heavy atom. The van der Waals surface area contributed by atoms with Crippen molar-refractivity contribution in [2.45, 2.75) is 25.8 Å². The van der Waals surface area contributed by atoms with E-state index in [4.69, 9.17) is 0 Å². The first-order valence-corrected chi connectivity index (χ1v) is 9.39. The van der Waals surface area contributed by atoms with Crippen LogP contribution in [-0.4, -0.2) is 59.2 Å². The first-order valence-electron chi connectivity index (χ1n) is 9.39. The molecule has 8 nitrogen and oxygen atoms in total. The molecule has 27 heavy (non-hydrogen) atoms. The molecule has 0 spiro atoms. The van der Waals surface area contributed by atoms with Crippen LogP contribution in [0, 0.1) is 0 Å². The highest BCUT2D eigenvalue weighted by Crippen LogP contribution is 2.22. The lowest BCUT2D eigenvalue weighted by Crippen LogP contribution is -2.46. The fourth-order valence-corrected chi connectivity index (χ4v) is 3.81. The molecule has 1 unspecified atom stereocenters. The van der Waals surface area contributed by atoms with Crippen LogP contribution in [0.1, 0.15) is 25.8 Å². The number of fused-ring (bicyclic) bond motifs is 1. The Labute approximate surface area is 156 Å². The molecule has 2 amide bonds. The minimum atomic E-state index is -0.735. The summed E-state index contributed by atoms with van der Waals surface area (Å²) in [5.74, 6) is -0.775. The number of carbonyl (C=O) groups excluding carboxylic acids is 2. The maximum absolute atomic E-state index is 12.8. The largest absolute Gasteiger partial charge is 0.369 e. The highest BCUT2D eigenvalue weighted by Gasteiger charge is 2.30. The molecule has 1 aromatic carbocycles. The van der Waals surface area contributed by atoms with Crippen LogP contribution < -0.4 is 15.8 Å². The highest BCUT2D eigenvalue weighted by molar-refractivity contribution is 5.99. The van der Waals surface area contributed by atoms with Crippen molar-refractivity contribution in [2.75, 3.05) is 37.6 Å². The van der Waals surface area contributed by atoms with E-state index in [2.05, 4.69) is 27.1 Å². The average Bonchev–Trinajstić information content (AvgIpc) is 2.69. The van der Waals surface area contributed by atoms with Gasteiger partial charge >= 0.3 is 0 Å². The minimum Gasteiger partial charge on any atom is -0.369 e. The molecule has 0 aliphatic carbocycles. The fraction of sp³-hybridized carbons (Fsp3) is 0.474. The summed E-state index contributed by atoms with van der Waals surface area (Å²) in [6, 6.07) is 5.02. The topological polar surface area (TPSA) is 87.5 Å². The van der Waals surface area contributed by atoms with Gasteiger partial charge < -0.3 is 9.80 Å². The Morgan fingerprint density at radius 2 is 1.93 bits per heavy atom. The van der Waals surface area contributed by atoms with Gasteiger partial charge in [0.1, 0.15) is 6.04 Å². The summed E-state index contributed by atoms with van der Waals surface area (Å²) < 4.78 is 1.20. The number of hydrogen-bond acceptors (Lipinski definition) is 6. The second-order valence-electron chi connectivity index (χ2n) is 7.05. The molecule has 4 rings (SSSR count). The minimum absolute atomic E-state index is 0.214. The van der Waals surface area contributed by atoms with Gasteiger partial charge in [-0.15, -0.1) is 0 Å². The van der Waals surface area contributed by atoms with E-state index in [-0.39, 0.29) is 17.9 Å². The maximum Gasteiger partial charge on any atom is 0.275 e. The summed E-state index contributed by atoms with van der Waals surface area (Å²) in [5, 5.41) is 7.79. The second-order valence-corrected chi connectivity index (χ2v) is 7.05. The molecule has 2 aliphatic heterocycles. The number of piperazine rings is 1. The molecular formula is C19H23N5O3. The SMILES string of the molecule is CCN1CCN(c2ccc3c(=O)n(C4CCC(=O)NC4=O)ncc3c2)CC1. The van der Waals surface area contributed by atoms with Gasteiger partial charge in [-0.05, 0) is 31.2 Å². The number of imide groups is 1. The molecule has 8 heteroatoms. The number of hydrogen-bond donors (Lipinski definition) is 1. The molecule has 0 bridgehead atoms. The van der Waals surface area contributed by atoms with E-state index in [1.165, 1.54) is 4.68 Å². The predicted molar refractivity (Wildman–Crippen MR) is 102 cm³/mol. The summed E-state index contributed by atoms with van der Waals surface area (Å²) in [7, 11) is 0. The lowest BCUT2D eigenvalue weighted by molar-refractivity contribution is -0.136. The Hall–Kier alpha value is -2.74. The van der Waals surface area contributed by atoms with Crippen LogP contribution in [0.3, 0.4) is 0 Å². The van der Waals surface area contributed by atoms with Crippen LogP contribution in [0.25, 0.3) is 10.8 Å². The van der Waals surface area contributed by atoms with Crippen LogP contribution in [0.4, 0.5) is 5.69 Å². The quantitative estimate of drug-likeness (QED) is 0.794. The predicted octanol–water partition coefficient (Wildman–Crippen LogP) is 0.516. The number of likely N-dealkylation sites (N-methyl/N-ethyl adjacent to an activating group) is 1. The Balaban J connectivity index is 1.62. The van der Waals surface area contributed by atoms with E-state index in [1.807, 2.05) is 18.2 Å². The van der Waals surface area contributed by atoms with Gasteiger partial charge in [0.25, 0.3) is 11.5 Å². The molecule has 3 heterocycles. The molecule has 142 valence electrons. The third-order valence-corrected chi connectivity index (χ3v) is 5.48. The zero-order chi connectivity index (χ0) is 19.0. The normalized spacial score (nSPS) is 21.5. The zero-order valence-corrected chi connectivity index (χ0v) is 15.4. The smallest absolute Gasteiger partial charge is 0.275 e. The van der Waals surface area contributed by atoms with Crippen molar-refractivity contribution in [1.29, 1.82) is 0 Å². The number of carbonyl (C=O) groups is 2. The lowest BCUT2D eigenvalue weighted by atomic mass is 10.1. The molecule has 2 fully saturated rings. The van der Waals surface area contributed by atoms with Crippen molar-refractivity contribution in [2.24, 2.45) is 0 Å². The third kappa shape index (κ3) is 3.32. The molecule has 0 saturated carbocycles. The van der Waals surface area contributed by atoms with Crippen molar-refractivity contribution in [1.82, 2.24) is 20.0 Å². The number of nitrogens with zero attached hydrogens (tertiary/aromatic N) is 4. The molecular weight excluding hydrogens is 346 g/mol. The summed E-state index contributed by atoms with van der Waals surface area (Å²) in [6.45, 7) is 7.22. The summed E-state index contributed by atoms with van der Waals surface area (Å²) in [5.41, 5.74) is 0.780. The van der Waals surface area contributed by atoms with E-state index in [9.17, 15) is 14.4 Å². The first-order chi connectivity index (χ1) is 13.1. The summed E-state index contributed by atoms with van der Waals surface area (Å²) in [6.07, 6.45) is 2.14. The standard InChI is InChI=1S/C19H23N5O3/c1-2-22-7-9-23(10-8-22)14-3-4-15-13(11-14)12-20-24(19(15)27)16-5-6-17(25)21-18(16)26/h3-4,11-12,16H,2,5-10H2,1H3,(H,21,25,26). The second kappa shape index (κ2) is 7.11. The molecule has 2 aromatic rings. The van der Waals surface area contributed by atoms with Crippen LogP contribution in [0.15, 0.2) is 29.2 Å². The molecule has 2 saturated heterocycles. The van der Waals surface area contributed by atoms with Crippen molar-refractivity contribution in [3.8, 4) is 0 Å². The molecule has 1 aromatic heterocycles. The van der Waals surface area contributed by atoms with Gasteiger partial charge in [-0.1, -0.05) is 6.92 Å². The van der Waals surface area contributed by atoms with Crippen molar-refractivity contribution in [3.05, 3.63) is 34.7 Å². The zero-order valence-electron chi connectivity index (χ0n) is 15.4. The first kappa shape index (κ1) is 17.7. The monoisotopic (exact) mass is 369 g/mol. The summed E-state index contributed by atoms with van der Waals surface area (Å²) in [4.78, 5) is 41.0. The number of nitrogens with one attached hydrogen (secondary N) is 1. The third-order valence-electron chi connectivity index (χ3n) is 5.48. The van der Waals surface area contributed by atoms with Crippen molar-refractivity contribution >= 4 is 28.3 Å². The van der Waals surface area contributed by atoms with Gasteiger partial charge in [-0.3, -0.25) is 19.7 Å². The van der Waals surface area contributed by atoms with E-state index in [1.54, 1.807) is 6.20 Å². The van der Waals surface area contributed by atoms with E-state index in [0.29, 0.717) is 11.8 Å². The maximum atomic E-state index is 12.8. The van der Waals surface area contributed by atoms with Crippen molar-refractivity contribution in [3.63, 3.8) is 0 Å². The average molecular weight is 369 g/mol. The highest BCUT2D eigenvalue weighted by atomic mass is 16.2. The number of piperidine rings is 1. The lowest BCUT2D eigenvalue weighted by Gasteiger charge is -2.35. The van der Waals surface area contributed by atoms with E-state index in [0.717, 1.165) is 43.8 Å². The Kier molecular flexibility index (Phi) is 4.65. The van der Waals surface area contributed by atoms with Crippen LogP contribution in [0.5, 0.6) is 0 Å². The number of anilines is 1. The number of amides is 2. The summed E-state index contributed by atoms with van der Waals surface area (Å²) >= 11 is 0. The van der Waals surface area contributed by atoms with Gasteiger partial charge in [0.05, 0.1) is 11.6 Å². The molecule has 0 radical (unpaired) electrons. The fourth-order valence-electron chi connectivity index (χ4n) is 3.81. The number of aromatic nitrogens is 2. The Bertz CT molecular complexity index is 946. The molecule has 2 aliphatic rings. The van der Waals surface area contributed by atoms with Gasteiger partial charge in [0.2, 0.25) is 5.91 Å². The number of rotatable bonds is 3. The van der Waals surface area contributed by atoms with E-state index < -0.39 is 11.9 Å². The molecule has 1 atom stereocenters. The van der Waals surface area contributed by atoms with Gasteiger partial charge in [-0.2, -0.15) is 5.10 Å². The van der Waals surface area contributed by atoms with Crippen molar-refractivity contribution < 1.29 is 9.59 Å². The Morgan fingerprint density at radius 3 is 2.63 bits per heavy atom.